The third-order valence-electron chi connectivity index (χ3n) is 4.33. The minimum Gasteiger partial charge on any atom is -0.130 e. The molecule has 1 aromatic rings. The molecule has 0 atom stereocenters. The molecule has 0 amide bonds. The van der Waals surface area contributed by atoms with Crippen LogP contribution in [0.25, 0.3) is 0 Å². The zero-order valence-corrected chi connectivity index (χ0v) is 22.1. The van der Waals surface area contributed by atoms with Crippen molar-refractivity contribution >= 4 is 54.5 Å². The lowest BCUT2D eigenvalue weighted by atomic mass is 10.0. The van der Waals surface area contributed by atoms with Gasteiger partial charge in [0.15, 0.2) is 8.68 Å². The van der Waals surface area contributed by atoms with Crippen LogP contribution in [-0.4, -0.2) is 19.7 Å². The van der Waals surface area contributed by atoms with Crippen molar-refractivity contribution in [3.05, 3.63) is 0 Å². The van der Waals surface area contributed by atoms with Gasteiger partial charge in [-0.3, -0.25) is 0 Å². The van der Waals surface area contributed by atoms with Gasteiger partial charge in [0, 0.05) is 9.49 Å². The summed E-state index contributed by atoms with van der Waals surface area (Å²) in [5, 5.41) is 8.79. The SMILES string of the molecule is CCCCCCC(C)(C)SSc1nnc(SSC(C)(C)CCCCCC)s1. The molecule has 0 aliphatic carbocycles. The normalized spacial score (nSPS) is 12.7. The van der Waals surface area contributed by atoms with Crippen LogP contribution in [0.3, 0.4) is 0 Å². The van der Waals surface area contributed by atoms with E-state index in [1.807, 2.05) is 21.6 Å². The zero-order valence-electron chi connectivity index (χ0n) is 18.0. The van der Waals surface area contributed by atoms with Gasteiger partial charge in [0.2, 0.25) is 0 Å². The third-order valence-corrected chi connectivity index (χ3v) is 12.6. The predicted octanol–water partition coefficient (Wildman–Crippen LogP) is 9.52. The largest absolute Gasteiger partial charge is 0.185 e. The molecule has 0 saturated carbocycles. The molecule has 0 radical (unpaired) electrons. The van der Waals surface area contributed by atoms with Crippen LogP contribution in [0.5, 0.6) is 0 Å². The average molecular weight is 467 g/mol. The van der Waals surface area contributed by atoms with E-state index in [1.165, 1.54) is 64.2 Å². The lowest BCUT2D eigenvalue weighted by Crippen LogP contribution is -2.12. The highest BCUT2D eigenvalue weighted by Crippen LogP contribution is 2.48. The molecule has 1 aromatic heterocycles. The molecule has 1 heterocycles. The van der Waals surface area contributed by atoms with Crippen molar-refractivity contribution in [3.8, 4) is 0 Å². The van der Waals surface area contributed by atoms with Crippen LogP contribution in [0.4, 0.5) is 0 Å². The van der Waals surface area contributed by atoms with Crippen molar-refractivity contribution in [2.24, 2.45) is 0 Å². The van der Waals surface area contributed by atoms with E-state index in [1.54, 1.807) is 32.9 Å². The van der Waals surface area contributed by atoms with Gasteiger partial charge in [0.1, 0.15) is 0 Å². The topological polar surface area (TPSA) is 25.8 Å². The summed E-state index contributed by atoms with van der Waals surface area (Å²) in [6.45, 7) is 13.9. The van der Waals surface area contributed by atoms with Gasteiger partial charge in [0.25, 0.3) is 0 Å². The van der Waals surface area contributed by atoms with E-state index in [-0.39, 0.29) is 0 Å². The Balaban J connectivity index is 2.31. The van der Waals surface area contributed by atoms with Crippen molar-refractivity contribution in [1.82, 2.24) is 10.2 Å². The molecule has 7 heteroatoms. The van der Waals surface area contributed by atoms with E-state index in [9.17, 15) is 0 Å². The van der Waals surface area contributed by atoms with Crippen LogP contribution < -0.4 is 0 Å². The fourth-order valence-electron chi connectivity index (χ4n) is 2.60. The Kier molecular flexibility index (Phi) is 13.5. The average Bonchev–Trinajstić information content (AvgIpc) is 3.08. The summed E-state index contributed by atoms with van der Waals surface area (Å²) in [5.74, 6) is 0. The van der Waals surface area contributed by atoms with E-state index in [0.717, 1.165) is 8.68 Å². The quantitative estimate of drug-likeness (QED) is 0.178. The molecule has 0 aliphatic heterocycles. The summed E-state index contributed by atoms with van der Waals surface area (Å²) in [4.78, 5) is 0. The van der Waals surface area contributed by atoms with Gasteiger partial charge in [-0.05, 0) is 62.1 Å². The van der Waals surface area contributed by atoms with E-state index >= 15 is 0 Å². The summed E-state index contributed by atoms with van der Waals surface area (Å²) in [6, 6.07) is 0. The number of aromatic nitrogens is 2. The Labute approximate surface area is 187 Å². The van der Waals surface area contributed by atoms with Crippen molar-refractivity contribution < 1.29 is 0 Å². The fraction of sp³-hybridized carbons (Fsp3) is 0.900. The van der Waals surface area contributed by atoms with Crippen LogP contribution in [0.15, 0.2) is 8.68 Å². The fourth-order valence-corrected chi connectivity index (χ4v) is 8.72. The Morgan fingerprint density at radius 2 is 1.07 bits per heavy atom. The minimum atomic E-state index is 0.298. The molecule has 0 aromatic carbocycles. The Hall–Kier alpha value is 0.960. The van der Waals surface area contributed by atoms with E-state index in [0.29, 0.717) is 9.49 Å². The summed E-state index contributed by atoms with van der Waals surface area (Å²) in [5.41, 5.74) is 0. The summed E-state index contributed by atoms with van der Waals surface area (Å²) >= 11 is 1.74. The van der Waals surface area contributed by atoms with Crippen LogP contribution in [0.2, 0.25) is 0 Å². The number of nitrogens with zero attached hydrogens (tertiary/aromatic N) is 2. The molecule has 2 nitrogen and oxygen atoms in total. The molecule has 0 bridgehead atoms. The van der Waals surface area contributed by atoms with Crippen molar-refractivity contribution in [2.45, 2.75) is 124 Å². The highest BCUT2D eigenvalue weighted by Gasteiger charge is 2.22. The number of hydrogen-bond acceptors (Lipinski definition) is 7. The maximum Gasteiger partial charge on any atom is 0.185 e. The summed E-state index contributed by atoms with van der Waals surface area (Å²) in [7, 11) is 7.51. The molecule has 158 valence electrons. The first kappa shape index (κ1) is 26.0. The highest BCUT2D eigenvalue weighted by molar-refractivity contribution is 8.78. The van der Waals surface area contributed by atoms with Crippen molar-refractivity contribution in [3.63, 3.8) is 0 Å². The molecule has 0 fully saturated rings. The monoisotopic (exact) mass is 466 g/mol. The Bertz CT molecular complexity index is 460. The Morgan fingerprint density at radius 3 is 1.44 bits per heavy atom. The van der Waals surface area contributed by atoms with Crippen LogP contribution in [0.1, 0.15) is 106 Å². The van der Waals surface area contributed by atoms with Gasteiger partial charge < -0.3 is 0 Å². The van der Waals surface area contributed by atoms with E-state index in [2.05, 4.69) is 51.7 Å². The minimum absolute atomic E-state index is 0.298. The molecule has 0 unspecified atom stereocenters. The standard InChI is InChI=1S/C20H38N2S5/c1-7-9-11-13-15-19(3,4)26-24-17-21-22-18(23-17)25-27-20(5,6)16-14-12-10-8-2/h7-16H2,1-6H3. The van der Waals surface area contributed by atoms with Gasteiger partial charge in [-0.25, -0.2) is 0 Å². The summed E-state index contributed by atoms with van der Waals surface area (Å²) < 4.78 is 2.77. The van der Waals surface area contributed by atoms with E-state index < -0.39 is 0 Å². The molecule has 27 heavy (non-hydrogen) atoms. The first-order valence-electron chi connectivity index (χ1n) is 10.3. The zero-order chi connectivity index (χ0) is 20.2. The van der Waals surface area contributed by atoms with Crippen LogP contribution in [0, 0.1) is 0 Å². The van der Waals surface area contributed by atoms with Crippen molar-refractivity contribution in [2.75, 3.05) is 0 Å². The van der Waals surface area contributed by atoms with Crippen LogP contribution in [-0.2, 0) is 0 Å². The van der Waals surface area contributed by atoms with Crippen LogP contribution >= 0.6 is 54.5 Å². The summed E-state index contributed by atoms with van der Waals surface area (Å²) in [6.07, 6.45) is 13.2. The second kappa shape index (κ2) is 14.1. The van der Waals surface area contributed by atoms with Gasteiger partial charge in [-0.2, -0.15) is 0 Å². The van der Waals surface area contributed by atoms with Gasteiger partial charge in [-0.15, -0.1) is 10.2 Å². The smallest absolute Gasteiger partial charge is 0.130 e. The molecular formula is C20H38N2S5. The molecule has 1 rings (SSSR count). The number of hydrogen-bond donors (Lipinski definition) is 0. The number of unbranched alkanes of at least 4 members (excludes halogenated alkanes) is 6. The first-order chi connectivity index (χ1) is 12.8. The molecule has 0 spiro atoms. The first-order valence-corrected chi connectivity index (χ1v) is 15.4. The molecule has 0 N–H and O–H groups in total. The predicted molar refractivity (Wildman–Crippen MR) is 132 cm³/mol. The molecule has 0 aliphatic rings. The third kappa shape index (κ3) is 13.0. The Morgan fingerprint density at radius 1 is 0.667 bits per heavy atom. The maximum absolute atomic E-state index is 4.39. The van der Waals surface area contributed by atoms with Gasteiger partial charge in [-0.1, -0.05) is 98.1 Å². The number of rotatable bonds is 16. The van der Waals surface area contributed by atoms with Gasteiger partial charge >= 0.3 is 0 Å². The lowest BCUT2D eigenvalue weighted by molar-refractivity contribution is 0.561. The second-order valence-corrected chi connectivity index (χ2v) is 15.5. The second-order valence-electron chi connectivity index (χ2n) is 8.31. The molecule has 0 saturated heterocycles. The molecular weight excluding hydrogens is 429 g/mol. The lowest BCUT2D eigenvalue weighted by Gasteiger charge is -2.22. The highest BCUT2D eigenvalue weighted by atomic mass is 33.1. The van der Waals surface area contributed by atoms with Gasteiger partial charge in [0.05, 0.1) is 0 Å². The van der Waals surface area contributed by atoms with Crippen molar-refractivity contribution in [1.29, 1.82) is 0 Å². The maximum atomic E-state index is 4.39. The van der Waals surface area contributed by atoms with E-state index in [4.69, 9.17) is 0 Å².